The molecule has 2 aromatic carbocycles. The monoisotopic (exact) mass is 344 g/mol. The van der Waals surface area contributed by atoms with Gasteiger partial charge in [0.05, 0.1) is 5.92 Å². The second-order valence-electron chi connectivity index (χ2n) is 6.18. The van der Waals surface area contributed by atoms with Crippen LogP contribution < -0.4 is 10.5 Å². The van der Waals surface area contributed by atoms with Crippen molar-refractivity contribution in [2.75, 3.05) is 13.1 Å². The number of hydrogen-bond acceptors (Lipinski definition) is 3. The molecule has 1 saturated heterocycles. The largest absolute Gasteiger partial charge is 0.457 e. The van der Waals surface area contributed by atoms with Gasteiger partial charge in [-0.1, -0.05) is 23.7 Å². The summed E-state index contributed by atoms with van der Waals surface area (Å²) in [5.74, 6) is 1.31. The molecule has 0 aliphatic carbocycles. The third kappa shape index (κ3) is 4.49. The van der Waals surface area contributed by atoms with Gasteiger partial charge in [-0.3, -0.25) is 9.69 Å². The summed E-state index contributed by atoms with van der Waals surface area (Å²) in [7, 11) is 0. The van der Waals surface area contributed by atoms with E-state index < -0.39 is 0 Å². The molecule has 24 heavy (non-hydrogen) atoms. The fourth-order valence-electron chi connectivity index (χ4n) is 3.04. The maximum atomic E-state index is 11.4. The lowest BCUT2D eigenvalue weighted by Crippen LogP contribution is -2.40. The van der Waals surface area contributed by atoms with E-state index in [1.165, 1.54) is 0 Å². The van der Waals surface area contributed by atoms with E-state index in [4.69, 9.17) is 22.1 Å². The second-order valence-corrected chi connectivity index (χ2v) is 6.62. The Hall–Kier alpha value is -2.04. The standard InChI is InChI=1S/C19H21ClN2O2/c20-16-6-8-17(9-7-16)24-18-5-1-3-14(11-18)12-22-10-2-4-15(13-22)19(21)23/h1,3,5-9,11,15H,2,4,10,12-13H2,(H2,21,23)/t15-/m1/s1. The molecule has 0 aromatic heterocycles. The lowest BCUT2D eigenvalue weighted by Gasteiger charge is -2.31. The lowest BCUT2D eigenvalue weighted by molar-refractivity contribution is -0.123. The maximum Gasteiger partial charge on any atom is 0.221 e. The molecular formula is C19H21ClN2O2. The van der Waals surface area contributed by atoms with Crippen molar-refractivity contribution in [1.29, 1.82) is 0 Å². The molecule has 0 bridgehead atoms. The predicted octanol–water partition coefficient (Wildman–Crippen LogP) is 3.83. The number of nitrogens with zero attached hydrogens (tertiary/aromatic N) is 1. The van der Waals surface area contributed by atoms with Gasteiger partial charge in [0.25, 0.3) is 0 Å². The van der Waals surface area contributed by atoms with E-state index in [0.29, 0.717) is 5.02 Å². The van der Waals surface area contributed by atoms with Crippen LogP contribution in [-0.2, 0) is 11.3 Å². The molecule has 4 nitrogen and oxygen atoms in total. The third-order valence-electron chi connectivity index (χ3n) is 4.26. The van der Waals surface area contributed by atoms with E-state index in [1.807, 2.05) is 30.3 Å². The Kier molecular flexibility index (Phi) is 5.38. The normalized spacial score (nSPS) is 18.3. The van der Waals surface area contributed by atoms with Gasteiger partial charge < -0.3 is 10.5 Å². The number of amides is 1. The highest BCUT2D eigenvalue weighted by Crippen LogP contribution is 2.25. The Bertz CT molecular complexity index is 703. The summed E-state index contributed by atoms with van der Waals surface area (Å²) in [4.78, 5) is 13.7. The Labute approximate surface area is 147 Å². The molecule has 126 valence electrons. The zero-order valence-corrected chi connectivity index (χ0v) is 14.2. The van der Waals surface area contributed by atoms with E-state index in [-0.39, 0.29) is 11.8 Å². The first-order chi connectivity index (χ1) is 11.6. The van der Waals surface area contributed by atoms with Crippen LogP contribution in [0.1, 0.15) is 18.4 Å². The molecular weight excluding hydrogens is 324 g/mol. The molecule has 1 atom stereocenters. The molecule has 1 heterocycles. The minimum absolute atomic E-state index is 0.0350. The number of piperidine rings is 1. The molecule has 1 aliphatic heterocycles. The number of halogens is 1. The summed E-state index contributed by atoms with van der Waals surface area (Å²) < 4.78 is 5.87. The molecule has 1 aliphatic rings. The average Bonchev–Trinajstić information content (AvgIpc) is 2.57. The predicted molar refractivity (Wildman–Crippen MR) is 95.2 cm³/mol. The number of hydrogen-bond donors (Lipinski definition) is 1. The van der Waals surface area contributed by atoms with Gasteiger partial charge in [-0.25, -0.2) is 0 Å². The third-order valence-corrected chi connectivity index (χ3v) is 4.51. The molecule has 0 spiro atoms. The average molecular weight is 345 g/mol. The van der Waals surface area contributed by atoms with Crippen LogP contribution in [0.3, 0.4) is 0 Å². The fraction of sp³-hybridized carbons (Fsp3) is 0.316. The van der Waals surface area contributed by atoms with E-state index in [0.717, 1.165) is 49.5 Å². The van der Waals surface area contributed by atoms with E-state index in [1.54, 1.807) is 12.1 Å². The number of carbonyl (C=O) groups excluding carboxylic acids is 1. The number of benzene rings is 2. The van der Waals surface area contributed by atoms with Crippen molar-refractivity contribution in [3.05, 3.63) is 59.1 Å². The number of likely N-dealkylation sites (tertiary alicyclic amines) is 1. The van der Waals surface area contributed by atoms with Crippen LogP contribution in [0.25, 0.3) is 0 Å². The van der Waals surface area contributed by atoms with Gasteiger partial charge in [-0.15, -0.1) is 0 Å². The molecule has 1 fully saturated rings. The lowest BCUT2D eigenvalue weighted by atomic mass is 9.97. The van der Waals surface area contributed by atoms with Crippen LogP contribution in [0.15, 0.2) is 48.5 Å². The van der Waals surface area contributed by atoms with E-state index in [2.05, 4.69) is 11.0 Å². The minimum atomic E-state index is -0.195. The van der Waals surface area contributed by atoms with Crippen molar-refractivity contribution >= 4 is 17.5 Å². The Morgan fingerprint density at radius 2 is 2.00 bits per heavy atom. The summed E-state index contributed by atoms with van der Waals surface area (Å²) in [6.45, 7) is 2.52. The van der Waals surface area contributed by atoms with Crippen molar-refractivity contribution in [2.24, 2.45) is 11.7 Å². The van der Waals surface area contributed by atoms with Gasteiger partial charge in [0.15, 0.2) is 0 Å². The Morgan fingerprint density at radius 3 is 2.75 bits per heavy atom. The van der Waals surface area contributed by atoms with Crippen LogP contribution in [0.2, 0.25) is 5.02 Å². The first-order valence-electron chi connectivity index (χ1n) is 8.14. The van der Waals surface area contributed by atoms with Gasteiger partial charge in [0, 0.05) is 18.1 Å². The van der Waals surface area contributed by atoms with Crippen LogP contribution >= 0.6 is 11.6 Å². The number of primary amides is 1. The van der Waals surface area contributed by atoms with Crippen molar-refractivity contribution in [3.63, 3.8) is 0 Å². The first kappa shape index (κ1) is 16.8. The number of ether oxygens (including phenoxy) is 1. The quantitative estimate of drug-likeness (QED) is 0.896. The summed E-state index contributed by atoms with van der Waals surface area (Å²) in [6, 6.07) is 15.3. The van der Waals surface area contributed by atoms with Crippen LogP contribution in [-0.4, -0.2) is 23.9 Å². The minimum Gasteiger partial charge on any atom is -0.457 e. The van der Waals surface area contributed by atoms with Crippen molar-refractivity contribution in [1.82, 2.24) is 4.90 Å². The zero-order valence-electron chi connectivity index (χ0n) is 13.5. The molecule has 2 N–H and O–H groups in total. The van der Waals surface area contributed by atoms with Gasteiger partial charge >= 0.3 is 0 Å². The van der Waals surface area contributed by atoms with Crippen LogP contribution in [0, 0.1) is 5.92 Å². The van der Waals surface area contributed by atoms with Gasteiger partial charge in [0.2, 0.25) is 5.91 Å². The number of nitrogens with two attached hydrogens (primary N) is 1. The smallest absolute Gasteiger partial charge is 0.221 e. The Balaban J connectivity index is 1.64. The highest BCUT2D eigenvalue weighted by atomic mass is 35.5. The van der Waals surface area contributed by atoms with Crippen LogP contribution in [0.5, 0.6) is 11.5 Å². The topological polar surface area (TPSA) is 55.6 Å². The molecule has 3 rings (SSSR count). The van der Waals surface area contributed by atoms with Crippen molar-refractivity contribution in [2.45, 2.75) is 19.4 Å². The van der Waals surface area contributed by atoms with E-state index in [9.17, 15) is 4.79 Å². The first-order valence-corrected chi connectivity index (χ1v) is 8.52. The van der Waals surface area contributed by atoms with Crippen molar-refractivity contribution in [3.8, 4) is 11.5 Å². The Morgan fingerprint density at radius 1 is 1.21 bits per heavy atom. The maximum absolute atomic E-state index is 11.4. The fourth-order valence-corrected chi connectivity index (χ4v) is 3.16. The zero-order chi connectivity index (χ0) is 16.9. The van der Waals surface area contributed by atoms with Crippen LogP contribution in [0.4, 0.5) is 0 Å². The molecule has 0 radical (unpaired) electrons. The molecule has 0 saturated carbocycles. The highest BCUT2D eigenvalue weighted by molar-refractivity contribution is 6.30. The summed E-state index contributed by atoms with van der Waals surface area (Å²) >= 11 is 5.89. The van der Waals surface area contributed by atoms with Crippen molar-refractivity contribution < 1.29 is 9.53 Å². The molecule has 2 aromatic rings. The highest BCUT2D eigenvalue weighted by Gasteiger charge is 2.23. The summed E-state index contributed by atoms with van der Waals surface area (Å²) in [6.07, 6.45) is 1.90. The summed E-state index contributed by atoms with van der Waals surface area (Å²) in [5, 5.41) is 0.685. The number of carbonyl (C=O) groups is 1. The van der Waals surface area contributed by atoms with Gasteiger partial charge in [0.1, 0.15) is 11.5 Å². The molecule has 1 amide bonds. The van der Waals surface area contributed by atoms with E-state index >= 15 is 0 Å². The molecule has 5 heteroatoms. The number of rotatable bonds is 5. The summed E-state index contributed by atoms with van der Waals surface area (Å²) in [5.41, 5.74) is 6.61. The van der Waals surface area contributed by atoms with Gasteiger partial charge in [-0.05, 0) is 61.3 Å². The second kappa shape index (κ2) is 7.69. The van der Waals surface area contributed by atoms with Gasteiger partial charge in [-0.2, -0.15) is 0 Å². The SMILES string of the molecule is NC(=O)[C@@H]1CCCN(Cc2cccc(Oc3ccc(Cl)cc3)c2)C1. The molecule has 0 unspecified atom stereocenters.